The van der Waals surface area contributed by atoms with Crippen LogP contribution >= 0.6 is 0 Å². The number of carbonyl (C=O) groups is 1. The molecule has 0 aromatic carbocycles. The zero-order valence-electron chi connectivity index (χ0n) is 14.2. The maximum atomic E-state index is 11.7. The third kappa shape index (κ3) is 5.75. The van der Waals surface area contributed by atoms with Gasteiger partial charge in [0.05, 0.1) is 18.8 Å². The Kier molecular flexibility index (Phi) is 7.42. The van der Waals surface area contributed by atoms with E-state index in [9.17, 15) is 4.79 Å². The van der Waals surface area contributed by atoms with Crippen LogP contribution in [0.1, 0.15) is 36.8 Å². The fraction of sp³-hybridized carbons (Fsp3) is 0.667. The van der Waals surface area contributed by atoms with Gasteiger partial charge in [-0.3, -0.25) is 4.79 Å². The lowest BCUT2D eigenvalue weighted by molar-refractivity contribution is -0.127. The van der Waals surface area contributed by atoms with Crippen LogP contribution in [0.25, 0.3) is 0 Å². The summed E-state index contributed by atoms with van der Waals surface area (Å²) in [6.07, 6.45) is 2.15. The van der Waals surface area contributed by atoms with Crippen molar-refractivity contribution in [1.82, 2.24) is 20.7 Å². The third-order valence-corrected chi connectivity index (χ3v) is 3.31. The Morgan fingerprint density at radius 1 is 1.32 bits per heavy atom. The van der Waals surface area contributed by atoms with Crippen LogP contribution < -0.4 is 10.6 Å². The number of aliphatic imine (C=N–C) groups is 1. The number of aryl methyl sites for hydroxylation is 2. The number of amides is 1. The van der Waals surface area contributed by atoms with Crippen molar-refractivity contribution in [2.75, 3.05) is 27.2 Å². The maximum Gasteiger partial charge on any atom is 0.241 e. The molecule has 0 radical (unpaired) electrons. The van der Waals surface area contributed by atoms with E-state index in [2.05, 4.69) is 27.7 Å². The average Bonchev–Trinajstić information content (AvgIpc) is 2.80. The van der Waals surface area contributed by atoms with Crippen molar-refractivity contribution in [1.29, 1.82) is 0 Å². The van der Waals surface area contributed by atoms with Crippen LogP contribution in [0.3, 0.4) is 0 Å². The zero-order valence-corrected chi connectivity index (χ0v) is 14.2. The summed E-state index contributed by atoms with van der Waals surface area (Å²) in [6, 6.07) is 0. The van der Waals surface area contributed by atoms with Crippen molar-refractivity contribution in [3.8, 4) is 0 Å². The van der Waals surface area contributed by atoms with Gasteiger partial charge in [0, 0.05) is 26.2 Å². The summed E-state index contributed by atoms with van der Waals surface area (Å²) in [4.78, 5) is 17.7. The number of rotatable bonds is 7. The Balaban J connectivity index is 2.67. The van der Waals surface area contributed by atoms with Crippen LogP contribution in [-0.2, 0) is 11.3 Å². The normalized spacial score (nSPS) is 11.4. The minimum atomic E-state index is 0.00216. The molecular formula is C15H27N5O2. The molecule has 0 fully saturated rings. The molecule has 0 bridgehead atoms. The smallest absolute Gasteiger partial charge is 0.241 e. The summed E-state index contributed by atoms with van der Waals surface area (Å²) < 4.78 is 5.13. The summed E-state index contributed by atoms with van der Waals surface area (Å²) >= 11 is 0. The predicted octanol–water partition coefficient (Wildman–Crippen LogP) is 1.21. The zero-order chi connectivity index (χ0) is 16.5. The van der Waals surface area contributed by atoms with E-state index < -0.39 is 0 Å². The molecule has 124 valence electrons. The molecule has 0 aliphatic carbocycles. The van der Waals surface area contributed by atoms with Crippen molar-refractivity contribution in [2.24, 2.45) is 4.99 Å². The summed E-state index contributed by atoms with van der Waals surface area (Å²) in [7, 11) is 3.46. The van der Waals surface area contributed by atoms with Crippen molar-refractivity contribution < 1.29 is 9.32 Å². The Labute approximate surface area is 132 Å². The summed E-state index contributed by atoms with van der Waals surface area (Å²) in [5.74, 6) is 1.41. The molecule has 1 aromatic rings. The van der Waals surface area contributed by atoms with E-state index in [0.717, 1.165) is 36.4 Å². The second kappa shape index (κ2) is 9.07. The molecule has 0 aliphatic heterocycles. The molecule has 1 rings (SSSR count). The lowest BCUT2D eigenvalue weighted by Crippen LogP contribution is -2.43. The summed E-state index contributed by atoms with van der Waals surface area (Å²) in [6.45, 7) is 7.41. The molecule has 0 saturated carbocycles. The molecule has 0 unspecified atom stereocenters. The first-order valence-electron chi connectivity index (χ1n) is 7.59. The number of likely N-dealkylation sites (N-methyl/N-ethyl adjacent to an activating group) is 1. The number of guanidine groups is 1. The van der Waals surface area contributed by atoms with Gasteiger partial charge in [-0.05, 0) is 20.3 Å². The number of unbranched alkanes of at least 4 members (excludes halogenated alkanes) is 1. The number of nitrogens with one attached hydrogen (secondary N) is 2. The Hall–Kier alpha value is -2.05. The Bertz CT molecular complexity index is 489. The fourth-order valence-electron chi connectivity index (χ4n) is 1.76. The van der Waals surface area contributed by atoms with Crippen molar-refractivity contribution >= 4 is 11.9 Å². The van der Waals surface area contributed by atoms with Crippen molar-refractivity contribution in [2.45, 2.75) is 40.2 Å². The largest absolute Gasteiger partial charge is 0.361 e. The molecule has 0 saturated heterocycles. The Morgan fingerprint density at radius 2 is 2.05 bits per heavy atom. The van der Waals surface area contributed by atoms with Gasteiger partial charge in [0.2, 0.25) is 5.91 Å². The van der Waals surface area contributed by atoms with E-state index in [1.165, 1.54) is 0 Å². The number of carbonyl (C=O) groups excluding carboxylic acids is 1. The number of aromatic nitrogens is 1. The minimum absolute atomic E-state index is 0.00216. The van der Waals surface area contributed by atoms with Gasteiger partial charge in [-0.1, -0.05) is 18.5 Å². The van der Waals surface area contributed by atoms with Crippen molar-refractivity contribution in [3.63, 3.8) is 0 Å². The van der Waals surface area contributed by atoms with Crippen LogP contribution in [0.15, 0.2) is 9.52 Å². The van der Waals surface area contributed by atoms with E-state index >= 15 is 0 Å². The molecule has 1 amide bonds. The molecule has 0 aliphatic rings. The predicted molar refractivity (Wildman–Crippen MR) is 86.7 cm³/mol. The van der Waals surface area contributed by atoms with E-state index in [1.807, 2.05) is 13.8 Å². The number of hydrogen-bond acceptors (Lipinski definition) is 4. The molecule has 0 spiro atoms. The highest BCUT2D eigenvalue weighted by Crippen LogP contribution is 2.12. The first-order chi connectivity index (χ1) is 10.5. The summed E-state index contributed by atoms with van der Waals surface area (Å²) in [5.41, 5.74) is 1.83. The van der Waals surface area contributed by atoms with E-state index in [-0.39, 0.29) is 12.5 Å². The molecule has 1 aromatic heterocycles. The second-order valence-corrected chi connectivity index (χ2v) is 5.39. The minimum Gasteiger partial charge on any atom is -0.361 e. The molecule has 7 heteroatoms. The standard InChI is InChI=1S/C15H27N5O2/c1-6-7-8-16-15(18-10-14(21)20(4)5)17-9-13-11(2)19-22-12(13)3/h6-10H2,1-5H3,(H2,16,17,18). The molecule has 2 N–H and O–H groups in total. The van der Waals surface area contributed by atoms with Gasteiger partial charge in [-0.2, -0.15) is 0 Å². The molecule has 1 heterocycles. The summed E-state index contributed by atoms with van der Waals surface area (Å²) in [5, 5.41) is 10.2. The molecule has 22 heavy (non-hydrogen) atoms. The topological polar surface area (TPSA) is 82.8 Å². The SMILES string of the molecule is CCCCNC(=NCc1c(C)noc1C)NCC(=O)N(C)C. The Morgan fingerprint density at radius 3 is 2.59 bits per heavy atom. The van der Waals surface area contributed by atoms with Gasteiger partial charge in [0.15, 0.2) is 5.96 Å². The number of hydrogen-bond donors (Lipinski definition) is 2. The van der Waals surface area contributed by atoms with Gasteiger partial charge in [-0.15, -0.1) is 0 Å². The monoisotopic (exact) mass is 309 g/mol. The van der Waals surface area contributed by atoms with Gasteiger partial charge < -0.3 is 20.1 Å². The van der Waals surface area contributed by atoms with E-state index in [0.29, 0.717) is 12.5 Å². The number of nitrogens with zero attached hydrogens (tertiary/aromatic N) is 3. The van der Waals surface area contributed by atoms with Crippen LogP contribution in [-0.4, -0.2) is 49.1 Å². The molecule has 7 nitrogen and oxygen atoms in total. The quantitative estimate of drug-likeness (QED) is 0.449. The molecular weight excluding hydrogens is 282 g/mol. The van der Waals surface area contributed by atoms with Gasteiger partial charge in [-0.25, -0.2) is 4.99 Å². The van der Waals surface area contributed by atoms with Gasteiger partial charge in [0.1, 0.15) is 5.76 Å². The first-order valence-corrected chi connectivity index (χ1v) is 7.59. The van der Waals surface area contributed by atoms with Crippen LogP contribution in [0.5, 0.6) is 0 Å². The highest BCUT2D eigenvalue weighted by Gasteiger charge is 2.09. The van der Waals surface area contributed by atoms with Crippen molar-refractivity contribution in [3.05, 3.63) is 17.0 Å². The highest BCUT2D eigenvalue weighted by molar-refractivity contribution is 5.86. The van der Waals surface area contributed by atoms with E-state index in [4.69, 9.17) is 4.52 Å². The van der Waals surface area contributed by atoms with Gasteiger partial charge in [0.25, 0.3) is 0 Å². The van der Waals surface area contributed by atoms with E-state index in [1.54, 1.807) is 19.0 Å². The van der Waals surface area contributed by atoms with Crippen LogP contribution in [0, 0.1) is 13.8 Å². The van der Waals surface area contributed by atoms with Gasteiger partial charge >= 0.3 is 0 Å². The average molecular weight is 309 g/mol. The first kappa shape index (κ1) is 18.0. The second-order valence-electron chi connectivity index (χ2n) is 5.39. The lowest BCUT2D eigenvalue weighted by atomic mass is 10.2. The molecule has 0 atom stereocenters. The maximum absolute atomic E-state index is 11.7. The highest BCUT2D eigenvalue weighted by atomic mass is 16.5. The lowest BCUT2D eigenvalue weighted by Gasteiger charge is -2.14. The fourth-order valence-corrected chi connectivity index (χ4v) is 1.76. The van der Waals surface area contributed by atoms with Crippen LogP contribution in [0.4, 0.5) is 0 Å². The van der Waals surface area contributed by atoms with Crippen LogP contribution in [0.2, 0.25) is 0 Å². The third-order valence-electron chi connectivity index (χ3n) is 3.31.